The molecule has 0 aliphatic heterocycles. The molecule has 1 aromatic heterocycles. The molecule has 0 atom stereocenters. The quantitative estimate of drug-likeness (QED) is 0.618. The first-order valence-electron chi connectivity index (χ1n) is 4.38. The van der Waals surface area contributed by atoms with Crippen molar-refractivity contribution in [2.24, 2.45) is 0 Å². The molecule has 2 aromatic rings. The Labute approximate surface area is 101 Å². The smallest absolute Gasteiger partial charge is 0.152 e. The number of benzene rings is 1. The van der Waals surface area contributed by atoms with E-state index in [1.807, 2.05) is 29.7 Å². The van der Waals surface area contributed by atoms with E-state index < -0.39 is 0 Å². The molecule has 16 heavy (non-hydrogen) atoms. The Hall–Kier alpha value is -1.58. The second-order valence-electron chi connectivity index (χ2n) is 2.84. The van der Waals surface area contributed by atoms with E-state index in [1.54, 1.807) is 7.11 Å². The number of thioether (sulfide) groups is 1. The van der Waals surface area contributed by atoms with Crippen molar-refractivity contribution in [3.8, 4) is 22.4 Å². The van der Waals surface area contributed by atoms with Gasteiger partial charge in [0.15, 0.2) is 5.03 Å². The van der Waals surface area contributed by atoms with Gasteiger partial charge in [-0.2, -0.15) is 14.0 Å². The standard InChI is InChI=1S/C10H7N3OS2/c1-14-8-4-2-3-7(5-8)9-10(15-6-11)13-16-12-9/h2-5H,1H3. The molecular weight excluding hydrogens is 242 g/mol. The van der Waals surface area contributed by atoms with Gasteiger partial charge in [0.1, 0.15) is 16.8 Å². The Balaban J connectivity index is 2.42. The molecule has 4 nitrogen and oxygen atoms in total. The average molecular weight is 249 g/mol. The summed E-state index contributed by atoms with van der Waals surface area (Å²) >= 11 is 2.12. The Kier molecular flexibility index (Phi) is 3.39. The van der Waals surface area contributed by atoms with Gasteiger partial charge in [0.25, 0.3) is 0 Å². The van der Waals surface area contributed by atoms with Crippen molar-refractivity contribution >= 4 is 23.5 Å². The van der Waals surface area contributed by atoms with Crippen LogP contribution in [0, 0.1) is 10.7 Å². The molecule has 0 spiro atoms. The van der Waals surface area contributed by atoms with E-state index in [4.69, 9.17) is 10.00 Å². The Morgan fingerprint density at radius 1 is 1.44 bits per heavy atom. The van der Waals surface area contributed by atoms with Crippen LogP contribution in [0.3, 0.4) is 0 Å². The minimum Gasteiger partial charge on any atom is -0.497 e. The van der Waals surface area contributed by atoms with Gasteiger partial charge in [-0.1, -0.05) is 12.1 Å². The van der Waals surface area contributed by atoms with Crippen LogP contribution in [0.4, 0.5) is 0 Å². The lowest BCUT2D eigenvalue weighted by molar-refractivity contribution is 0.415. The molecule has 80 valence electrons. The monoisotopic (exact) mass is 249 g/mol. The predicted molar refractivity (Wildman–Crippen MR) is 63.4 cm³/mol. The first kappa shape index (κ1) is 10.9. The highest BCUT2D eigenvalue weighted by molar-refractivity contribution is 8.03. The van der Waals surface area contributed by atoms with Crippen LogP contribution in [-0.4, -0.2) is 15.9 Å². The SMILES string of the molecule is COc1cccc(-c2nsnc2SC#N)c1. The number of ether oxygens (including phenoxy) is 1. The molecule has 0 N–H and O–H groups in total. The summed E-state index contributed by atoms with van der Waals surface area (Å²) in [6, 6.07) is 7.54. The normalized spacial score (nSPS) is 9.75. The number of hydrogen-bond donors (Lipinski definition) is 0. The van der Waals surface area contributed by atoms with E-state index in [-0.39, 0.29) is 0 Å². The topological polar surface area (TPSA) is 58.8 Å². The highest BCUT2D eigenvalue weighted by atomic mass is 32.2. The van der Waals surface area contributed by atoms with Crippen LogP contribution in [-0.2, 0) is 0 Å². The number of nitriles is 1. The van der Waals surface area contributed by atoms with Gasteiger partial charge >= 0.3 is 0 Å². The van der Waals surface area contributed by atoms with E-state index in [0.29, 0.717) is 5.03 Å². The van der Waals surface area contributed by atoms with Crippen LogP contribution in [0.15, 0.2) is 29.3 Å². The van der Waals surface area contributed by atoms with Crippen molar-refractivity contribution in [1.82, 2.24) is 8.75 Å². The second-order valence-corrected chi connectivity index (χ2v) is 4.15. The second kappa shape index (κ2) is 4.96. The van der Waals surface area contributed by atoms with Gasteiger partial charge in [0.2, 0.25) is 0 Å². The third kappa shape index (κ3) is 2.15. The van der Waals surface area contributed by atoms with Crippen molar-refractivity contribution < 1.29 is 4.74 Å². The van der Waals surface area contributed by atoms with Crippen molar-refractivity contribution in [2.45, 2.75) is 5.03 Å². The molecule has 0 radical (unpaired) electrons. The lowest BCUT2D eigenvalue weighted by atomic mass is 10.1. The van der Waals surface area contributed by atoms with Crippen LogP contribution in [0.2, 0.25) is 0 Å². The summed E-state index contributed by atoms with van der Waals surface area (Å²) in [5.74, 6) is 0.762. The van der Waals surface area contributed by atoms with Gasteiger partial charge < -0.3 is 4.74 Å². The van der Waals surface area contributed by atoms with Gasteiger partial charge in [-0.3, -0.25) is 0 Å². The molecule has 0 unspecified atom stereocenters. The minimum absolute atomic E-state index is 0.640. The zero-order valence-corrected chi connectivity index (χ0v) is 10.0. The van der Waals surface area contributed by atoms with Gasteiger partial charge in [0.05, 0.1) is 18.8 Å². The fourth-order valence-corrected chi connectivity index (χ4v) is 2.37. The highest BCUT2D eigenvalue weighted by Crippen LogP contribution is 2.30. The number of hydrogen-bond acceptors (Lipinski definition) is 6. The number of rotatable bonds is 3. The van der Waals surface area contributed by atoms with Crippen LogP contribution in [0.25, 0.3) is 11.3 Å². The minimum atomic E-state index is 0.640. The summed E-state index contributed by atoms with van der Waals surface area (Å²) in [5.41, 5.74) is 1.64. The van der Waals surface area contributed by atoms with E-state index in [1.165, 1.54) is 0 Å². The van der Waals surface area contributed by atoms with Crippen LogP contribution < -0.4 is 4.74 Å². The first-order chi connectivity index (χ1) is 7.85. The Morgan fingerprint density at radius 2 is 2.31 bits per heavy atom. The largest absolute Gasteiger partial charge is 0.497 e. The first-order valence-corrected chi connectivity index (χ1v) is 5.92. The maximum absolute atomic E-state index is 8.64. The van der Waals surface area contributed by atoms with Gasteiger partial charge in [-0.05, 0) is 12.1 Å². The number of thiocyanates is 1. The summed E-state index contributed by atoms with van der Waals surface area (Å²) in [6.45, 7) is 0. The Morgan fingerprint density at radius 3 is 3.06 bits per heavy atom. The average Bonchev–Trinajstić information content (AvgIpc) is 2.78. The van der Waals surface area contributed by atoms with Crippen molar-refractivity contribution in [3.05, 3.63) is 24.3 Å². The third-order valence-corrected chi connectivity index (χ3v) is 3.16. The fraction of sp³-hybridized carbons (Fsp3) is 0.100. The molecule has 0 aliphatic carbocycles. The molecule has 0 bridgehead atoms. The highest BCUT2D eigenvalue weighted by Gasteiger charge is 2.11. The van der Waals surface area contributed by atoms with Crippen LogP contribution in [0.5, 0.6) is 5.75 Å². The van der Waals surface area contributed by atoms with Gasteiger partial charge in [0, 0.05) is 17.3 Å². The van der Waals surface area contributed by atoms with Crippen LogP contribution >= 0.6 is 23.5 Å². The molecular formula is C10H7N3OS2. The molecule has 0 amide bonds. The molecule has 2 rings (SSSR count). The summed E-state index contributed by atoms with van der Waals surface area (Å²) in [4.78, 5) is 0. The molecule has 6 heteroatoms. The summed E-state index contributed by atoms with van der Waals surface area (Å²) in [6.07, 6.45) is 0. The maximum Gasteiger partial charge on any atom is 0.152 e. The van der Waals surface area contributed by atoms with Gasteiger partial charge in [-0.15, -0.1) is 0 Å². The van der Waals surface area contributed by atoms with E-state index in [2.05, 4.69) is 8.75 Å². The van der Waals surface area contributed by atoms with Gasteiger partial charge in [-0.25, -0.2) is 0 Å². The lowest BCUT2D eigenvalue weighted by Crippen LogP contribution is -1.84. The van der Waals surface area contributed by atoms with Crippen LogP contribution in [0.1, 0.15) is 0 Å². The third-order valence-electron chi connectivity index (χ3n) is 1.94. The molecule has 0 saturated heterocycles. The summed E-state index contributed by atoms with van der Waals surface area (Å²) in [5, 5.41) is 11.3. The fourth-order valence-electron chi connectivity index (χ4n) is 1.24. The predicted octanol–water partition coefficient (Wildman–Crippen LogP) is 2.79. The van der Waals surface area contributed by atoms with E-state index >= 15 is 0 Å². The van der Waals surface area contributed by atoms with E-state index in [9.17, 15) is 0 Å². The zero-order chi connectivity index (χ0) is 11.4. The van der Waals surface area contributed by atoms with Crippen molar-refractivity contribution in [3.63, 3.8) is 0 Å². The lowest BCUT2D eigenvalue weighted by Gasteiger charge is -2.01. The number of nitrogens with zero attached hydrogens (tertiary/aromatic N) is 3. The maximum atomic E-state index is 8.64. The number of methoxy groups -OCH3 is 1. The van der Waals surface area contributed by atoms with Crippen molar-refractivity contribution in [2.75, 3.05) is 7.11 Å². The molecule has 0 saturated carbocycles. The summed E-state index contributed by atoms with van der Waals surface area (Å²) in [7, 11) is 1.61. The molecule has 0 fully saturated rings. The molecule has 1 heterocycles. The van der Waals surface area contributed by atoms with E-state index in [0.717, 1.165) is 40.5 Å². The molecule has 1 aromatic carbocycles. The van der Waals surface area contributed by atoms with Crippen molar-refractivity contribution in [1.29, 1.82) is 5.26 Å². The molecule has 0 aliphatic rings. The number of aromatic nitrogens is 2. The summed E-state index contributed by atoms with van der Waals surface area (Å²) < 4.78 is 13.4. The Bertz CT molecular complexity index is 533. The zero-order valence-electron chi connectivity index (χ0n) is 8.38.